The number of esters is 2. The summed E-state index contributed by atoms with van der Waals surface area (Å²) in [5.41, 5.74) is 1.12. The SMILES string of the molecule is CC(C)=C[C@@H]1[C@H](C(=O)O[C@@H]2C[C@H](C)OC2=O)C1(C)C. The van der Waals surface area contributed by atoms with Crippen LogP contribution < -0.4 is 0 Å². The van der Waals surface area contributed by atoms with Crippen LogP contribution in [-0.2, 0) is 19.1 Å². The molecule has 0 bridgehead atoms. The third-order valence-electron chi connectivity index (χ3n) is 4.06. The van der Waals surface area contributed by atoms with Crippen LogP contribution in [-0.4, -0.2) is 24.1 Å². The minimum Gasteiger partial charge on any atom is -0.460 e. The third-order valence-corrected chi connectivity index (χ3v) is 4.06. The fourth-order valence-electron chi connectivity index (χ4n) is 2.83. The molecule has 1 saturated heterocycles. The summed E-state index contributed by atoms with van der Waals surface area (Å²) in [6.45, 7) is 9.95. The smallest absolute Gasteiger partial charge is 0.347 e. The van der Waals surface area contributed by atoms with Gasteiger partial charge in [-0.2, -0.15) is 0 Å². The molecule has 2 fully saturated rings. The Hall–Kier alpha value is -1.32. The van der Waals surface area contributed by atoms with Gasteiger partial charge in [-0.25, -0.2) is 4.79 Å². The van der Waals surface area contributed by atoms with Gasteiger partial charge in [-0.3, -0.25) is 4.79 Å². The lowest BCUT2D eigenvalue weighted by molar-refractivity contribution is -0.162. The van der Waals surface area contributed by atoms with Gasteiger partial charge in [0.25, 0.3) is 0 Å². The first-order valence-electron chi connectivity index (χ1n) is 6.79. The Labute approximate surface area is 114 Å². The van der Waals surface area contributed by atoms with Crippen LogP contribution >= 0.6 is 0 Å². The van der Waals surface area contributed by atoms with Gasteiger partial charge in [0, 0.05) is 6.42 Å². The molecule has 2 rings (SSSR count). The lowest BCUT2D eigenvalue weighted by Crippen LogP contribution is -2.24. The van der Waals surface area contributed by atoms with Gasteiger partial charge >= 0.3 is 11.9 Å². The minimum atomic E-state index is -0.716. The largest absolute Gasteiger partial charge is 0.460 e. The van der Waals surface area contributed by atoms with Crippen LogP contribution in [0, 0.1) is 17.3 Å². The van der Waals surface area contributed by atoms with E-state index in [0.717, 1.165) is 0 Å². The quantitative estimate of drug-likeness (QED) is 0.581. The molecule has 106 valence electrons. The first-order chi connectivity index (χ1) is 8.73. The van der Waals surface area contributed by atoms with Crippen LogP contribution in [0.4, 0.5) is 0 Å². The number of ether oxygens (including phenoxy) is 2. The molecule has 0 N–H and O–H groups in total. The highest BCUT2D eigenvalue weighted by atomic mass is 16.6. The number of allylic oxidation sites excluding steroid dienone is 2. The number of hydrogen-bond donors (Lipinski definition) is 0. The maximum atomic E-state index is 12.2. The van der Waals surface area contributed by atoms with Crippen molar-refractivity contribution in [3.8, 4) is 0 Å². The molecule has 19 heavy (non-hydrogen) atoms. The molecule has 0 amide bonds. The number of rotatable bonds is 3. The van der Waals surface area contributed by atoms with Crippen molar-refractivity contribution in [2.24, 2.45) is 17.3 Å². The summed E-state index contributed by atoms with van der Waals surface area (Å²) in [4.78, 5) is 23.6. The molecule has 0 spiro atoms. The molecule has 4 atom stereocenters. The summed E-state index contributed by atoms with van der Waals surface area (Å²) in [7, 11) is 0. The lowest BCUT2D eigenvalue weighted by Gasteiger charge is -2.08. The Balaban J connectivity index is 1.98. The fourth-order valence-corrected chi connectivity index (χ4v) is 2.83. The summed E-state index contributed by atoms with van der Waals surface area (Å²) in [5, 5.41) is 0. The molecule has 1 heterocycles. The maximum absolute atomic E-state index is 12.2. The summed E-state index contributed by atoms with van der Waals surface area (Å²) in [5.74, 6) is -0.632. The van der Waals surface area contributed by atoms with Gasteiger partial charge < -0.3 is 9.47 Å². The number of carbonyl (C=O) groups excluding carboxylic acids is 2. The van der Waals surface area contributed by atoms with Crippen molar-refractivity contribution in [2.75, 3.05) is 0 Å². The van der Waals surface area contributed by atoms with Crippen LogP contribution in [0.5, 0.6) is 0 Å². The van der Waals surface area contributed by atoms with Crippen molar-refractivity contribution < 1.29 is 19.1 Å². The zero-order chi connectivity index (χ0) is 14.4. The Morgan fingerprint density at radius 2 is 2.05 bits per heavy atom. The lowest BCUT2D eigenvalue weighted by atomic mass is 10.1. The van der Waals surface area contributed by atoms with E-state index in [4.69, 9.17) is 9.47 Å². The highest BCUT2D eigenvalue weighted by molar-refractivity contribution is 5.84. The van der Waals surface area contributed by atoms with E-state index in [1.165, 1.54) is 5.57 Å². The zero-order valence-corrected chi connectivity index (χ0v) is 12.2. The highest BCUT2D eigenvalue weighted by Gasteiger charge is 2.62. The second-order valence-electron chi connectivity index (χ2n) is 6.48. The van der Waals surface area contributed by atoms with Crippen LogP contribution in [0.2, 0.25) is 0 Å². The summed E-state index contributed by atoms with van der Waals surface area (Å²) in [6, 6.07) is 0. The monoisotopic (exact) mass is 266 g/mol. The molecule has 1 aliphatic heterocycles. The number of carbonyl (C=O) groups is 2. The van der Waals surface area contributed by atoms with E-state index >= 15 is 0 Å². The topological polar surface area (TPSA) is 52.6 Å². The van der Waals surface area contributed by atoms with Gasteiger partial charge in [-0.15, -0.1) is 0 Å². The van der Waals surface area contributed by atoms with Crippen molar-refractivity contribution >= 4 is 11.9 Å². The van der Waals surface area contributed by atoms with Gasteiger partial charge in [-0.05, 0) is 32.1 Å². The molecule has 4 nitrogen and oxygen atoms in total. The second-order valence-corrected chi connectivity index (χ2v) is 6.48. The molecule has 2 aliphatic rings. The first-order valence-corrected chi connectivity index (χ1v) is 6.79. The predicted molar refractivity (Wildman–Crippen MR) is 70.2 cm³/mol. The van der Waals surface area contributed by atoms with Gasteiger partial charge in [0.2, 0.25) is 6.10 Å². The Bertz CT molecular complexity index is 431. The predicted octanol–water partition coefficient (Wildman–Crippen LogP) is 2.47. The average molecular weight is 266 g/mol. The van der Waals surface area contributed by atoms with Crippen LogP contribution in [0.15, 0.2) is 11.6 Å². The molecular formula is C15H22O4. The van der Waals surface area contributed by atoms with Gasteiger partial charge in [0.15, 0.2) is 0 Å². The van der Waals surface area contributed by atoms with Gasteiger partial charge in [0.1, 0.15) is 6.10 Å². The molecule has 1 aliphatic carbocycles. The van der Waals surface area contributed by atoms with Crippen molar-refractivity contribution in [1.82, 2.24) is 0 Å². The van der Waals surface area contributed by atoms with Gasteiger partial charge in [-0.1, -0.05) is 25.5 Å². The highest BCUT2D eigenvalue weighted by Crippen LogP contribution is 2.60. The van der Waals surface area contributed by atoms with E-state index in [-0.39, 0.29) is 29.3 Å². The number of cyclic esters (lactones) is 1. The van der Waals surface area contributed by atoms with Gasteiger partial charge in [0.05, 0.1) is 5.92 Å². The van der Waals surface area contributed by atoms with E-state index < -0.39 is 12.1 Å². The van der Waals surface area contributed by atoms with E-state index in [1.54, 1.807) is 6.92 Å². The molecule has 0 unspecified atom stereocenters. The van der Waals surface area contributed by atoms with E-state index in [2.05, 4.69) is 19.9 Å². The second kappa shape index (κ2) is 4.66. The molecule has 0 aromatic rings. The first kappa shape index (κ1) is 14.1. The molecular weight excluding hydrogens is 244 g/mol. The molecule has 0 radical (unpaired) electrons. The summed E-state index contributed by atoms with van der Waals surface area (Å²) >= 11 is 0. The average Bonchev–Trinajstić information content (AvgIpc) is 2.60. The zero-order valence-electron chi connectivity index (χ0n) is 12.2. The fraction of sp³-hybridized carbons (Fsp3) is 0.733. The molecule has 0 aromatic heterocycles. The molecule has 1 saturated carbocycles. The van der Waals surface area contributed by atoms with Crippen molar-refractivity contribution in [3.05, 3.63) is 11.6 Å². The van der Waals surface area contributed by atoms with Crippen molar-refractivity contribution in [1.29, 1.82) is 0 Å². The minimum absolute atomic E-state index is 0.0809. The van der Waals surface area contributed by atoms with E-state index in [1.807, 2.05) is 13.8 Å². The van der Waals surface area contributed by atoms with Crippen LogP contribution in [0.3, 0.4) is 0 Å². The van der Waals surface area contributed by atoms with Crippen molar-refractivity contribution in [3.63, 3.8) is 0 Å². The van der Waals surface area contributed by atoms with E-state index in [0.29, 0.717) is 6.42 Å². The number of hydrogen-bond acceptors (Lipinski definition) is 4. The molecule has 4 heteroatoms. The van der Waals surface area contributed by atoms with Crippen molar-refractivity contribution in [2.45, 2.75) is 53.2 Å². The third kappa shape index (κ3) is 2.67. The standard InChI is InChI=1S/C15H22O4/c1-8(2)6-10-12(15(10,4)5)14(17)19-11-7-9(3)18-13(11)16/h6,9-12H,7H2,1-5H3/t9-,10+,11+,12+/m0/s1. The van der Waals surface area contributed by atoms with Crippen LogP contribution in [0.25, 0.3) is 0 Å². The molecule has 0 aromatic carbocycles. The summed E-state index contributed by atoms with van der Waals surface area (Å²) in [6.07, 6.45) is 1.70. The Morgan fingerprint density at radius 1 is 1.42 bits per heavy atom. The Kier molecular flexibility index (Phi) is 3.45. The Morgan fingerprint density at radius 3 is 2.53 bits per heavy atom. The van der Waals surface area contributed by atoms with E-state index in [9.17, 15) is 9.59 Å². The summed E-state index contributed by atoms with van der Waals surface area (Å²) < 4.78 is 10.3. The normalized spacial score (nSPS) is 35.5. The maximum Gasteiger partial charge on any atom is 0.347 e. The van der Waals surface area contributed by atoms with Crippen LogP contribution in [0.1, 0.15) is 41.0 Å².